The lowest BCUT2D eigenvalue weighted by atomic mass is 10.1. The number of fused-ring (bicyclic) bond motifs is 1. The zero-order valence-corrected chi connectivity index (χ0v) is 14.0. The topological polar surface area (TPSA) is 93.0 Å². The largest absolute Gasteiger partial charge is 0.506 e. The Balaban J connectivity index is 1.83. The first kappa shape index (κ1) is 15.9. The van der Waals surface area contributed by atoms with Crippen molar-refractivity contribution in [3.8, 4) is 22.6 Å². The molecule has 2 aromatic heterocycles. The van der Waals surface area contributed by atoms with Crippen molar-refractivity contribution < 1.29 is 9.84 Å². The minimum Gasteiger partial charge on any atom is -0.506 e. The quantitative estimate of drug-likeness (QED) is 0.591. The molecule has 0 radical (unpaired) electrons. The molecule has 130 valence electrons. The van der Waals surface area contributed by atoms with Crippen LogP contribution in [0.25, 0.3) is 22.0 Å². The highest BCUT2D eigenvalue weighted by molar-refractivity contribution is 5.91. The number of aromatic amines is 1. The number of phenolic OH excluding ortho intramolecular Hbond substituents is 1. The summed E-state index contributed by atoms with van der Waals surface area (Å²) in [6, 6.07) is 10.9. The van der Waals surface area contributed by atoms with Crippen molar-refractivity contribution in [2.24, 2.45) is 0 Å². The normalized spacial score (nSPS) is 11.0. The molecule has 0 atom stereocenters. The Hall–Kier alpha value is -3.61. The SMILES string of the molecule is COc1cccc(Cn2cnc3ccc(-c4cn[nH]c4)c(O)c3c2=O)c1. The van der Waals surface area contributed by atoms with Crippen LogP contribution in [0.1, 0.15) is 5.56 Å². The van der Waals surface area contributed by atoms with E-state index in [2.05, 4.69) is 15.2 Å². The fraction of sp³-hybridized carbons (Fsp3) is 0.105. The van der Waals surface area contributed by atoms with E-state index in [9.17, 15) is 9.90 Å². The summed E-state index contributed by atoms with van der Waals surface area (Å²) in [6.45, 7) is 0.328. The highest BCUT2D eigenvalue weighted by atomic mass is 16.5. The van der Waals surface area contributed by atoms with E-state index in [0.717, 1.165) is 11.3 Å². The molecule has 0 bridgehead atoms. The number of nitrogens with one attached hydrogen (secondary N) is 1. The monoisotopic (exact) mass is 348 g/mol. The lowest BCUT2D eigenvalue weighted by Crippen LogP contribution is -2.21. The molecule has 0 fully saturated rings. The Morgan fingerprint density at radius 2 is 2.15 bits per heavy atom. The van der Waals surface area contributed by atoms with Gasteiger partial charge in [0.1, 0.15) is 16.9 Å². The van der Waals surface area contributed by atoms with Crippen LogP contribution in [0.3, 0.4) is 0 Å². The number of benzene rings is 2. The molecule has 0 amide bonds. The first-order valence-electron chi connectivity index (χ1n) is 8.00. The lowest BCUT2D eigenvalue weighted by molar-refractivity contribution is 0.414. The van der Waals surface area contributed by atoms with Gasteiger partial charge in [-0.1, -0.05) is 12.1 Å². The number of phenols is 1. The van der Waals surface area contributed by atoms with E-state index < -0.39 is 0 Å². The minimum atomic E-state index is -0.305. The molecule has 2 aromatic carbocycles. The van der Waals surface area contributed by atoms with E-state index >= 15 is 0 Å². The van der Waals surface area contributed by atoms with Crippen LogP contribution in [0.4, 0.5) is 0 Å². The van der Waals surface area contributed by atoms with Gasteiger partial charge in [0.15, 0.2) is 0 Å². The summed E-state index contributed by atoms with van der Waals surface area (Å²) >= 11 is 0. The van der Waals surface area contributed by atoms with E-state index in [1.165, 1.54) is 10.9 Å². The van der Waals surface area contributed by atoms with Crippen LogP contribution >= 0.6 is 0 Å². The van der Waals surface area contributed by atoms with Gasteiger partial charge in [-0.2, -0.15) is 5.10 Å². The first-order chi connectivity index (χ1) is 12.7. The predicted octanol–water partition coefficient (Wildman–Crippen LogP) is 2.55. The van der Waals surface area contributed by atoms with Gasteiger partial charge < -0.3 is 9.84 Å². The fourth-order valence-electron chi connectivity index (χ4n) is 2.94. The zero-order valence-electron chi connectivity index (χ0n) is 14.0. The molecule has 0 saturated carbocycles. The number of ether oxygens (including phenoxy) is 1. The maximum absolute atomic E-state index is 12.9. The van der Waals surface area contributed by atoms with Gasteiger partial charge in [0, 0.05) is 17.3 Å². The van der Waals surface area contributed by atoms with Gasteiger partial charge in [0.25, 0.3) is 5.56 Å². The van der Waals surface area contributed by atoms with E-state index in [-0.39, 0.29) is 16.7 Å². The molecular weight excluding hydrogens is 332 g/mol. The standard InChI is InChI=1S/C19H16N4O3/c1-26-14-4-2-3-12(7-14)10-23-11-20-16-6-5-15(13-8-21-22-9-13)18(24)17(16)19(23)25/h2-9,11,24H,10H2,1H3,(H,21,22). The molecule has 4 aromatic rings. The molecule has 4 rings (SSSR count). The molecule has 0 unspecified atom stereocenters. The average molecular weight is 348 g/mol. The van der Waals surface area contributed by atoms with Gasteiger partial charge in [0.05, 0.1) is 31.7 Å². The summed E-state index contributed by atoms with van der Waals surface area (Å²) in [5.41, 5.74) is 2.27. The zero-order chi connectivity index (χ0) is 18.1. The van der Waals surface area contributed by atoms with Crippen LogP contribution in [0.2, 0.25) is 0 Å². The number of rotatable bonds is 4. The third-order valence-electron chi connectivity index (χ3n) is 4.26. The maximum Gasteiger partial charge on any atom is 0.265 e. The van der Waals surface area contributed by atoms with Gasteiger partial charge in [0.2, 0.25) is 0 Å². The predicted molar refractivity (Wildman–Crippen MR) is 97.3 cm³/mol. The van der Waals surface area contributed by atoms with Gasteiger partial charge in [-0.15, -0.1) is 0 Å². The van der Waals surface area contributed by atoms with Crippen molar-refractivity contribution in [3.63, 3.8) is 0 Å². The molecule has 0 aliphatic rings. The molecule has 0 aliphatic carbocycles. The Bertz CT molecular complexity index is 1130. The number of methoxy groups -OCH3 is 1. The highest BCUT2D eigenvalue weighted by Gasteiger charge is 2.15. The minimum absolute atomic E-state index is 0.0959. The molecule has 2 heterocycles. The summed E-state index contributed by atoms with van der Waals surface area (Å²) in [5, 5.41) is 17.4. The van der Waals surface area contributed by atoms with Crippen molar-refractivity contribution in [2.75, 3.05) is 7.11 Å². The molecule has 26 heavy (non-hydrogen) atoms. The van der Waals surface area contributed by atoms with Crippen LogP contribution in [-0.2, 0) is 6.54 Å². The van der Waals surface area contributed by atoms with Crippen molar-refractivity contribution in [1.29, 1.82) is 0 Å². The second-order valence-electron chi connectivity index (χ2n) is 5.87. The van der Waals surface area contributed by atoms with Gasteiger partial charge in [-0.3, -0.25) is 14.5 Å². The summed E-state index contributed by atoms with van der Waals surface area (Å²) in [7, 11) is 1.60. The summed E-state index contributed by atoms with van der Waals surface area (Å²) < 4.78 is 6.69. The number of hydrogen-bond acceptors (Lipinski definition) is 5. The van der Waals surface area contributed by atoms with E-state index in [1.54, 1.807) is 31.6 Å². The fourth-order valence-corrected chi connectivity index (χ4v) is 2.94. The van der Waals surface area contributed by atoms with Crippen molar-refractivity contribution in [1.82, 2.24) is 19.7 Å². The average Bonchev–Trinajstić information content (AvgIpc) is 3.19. The molecule has 0 saturated heterocycles. The molecule has 0 spiro atoms. The van der Waals surface area contributed by atoms with Crippen molar-refractivity contribution >= 4 is 10.9 Å². The van der Waals surface area contributed by atoms with Crippen LogP contribution < -0.4 is 10.3 Å². The van der Waals surface area contributed by atoms with Crippen LogP contribution in [0.15, 0.2) is 59.9 Å². The summed E-state index contributed by atoms with van der Waals surface area (Å²) in [4.78, 5) is 17.3. The van der Waals surface area contributed by atoms with Gasteiger partial charge in [-0.25, -0.2) is 4.98 Å². The van der Waals surface area contributed by atoms with Gasteiger partial charge >= 0.3 is 0 Å². The maximum atomic E-state index is 12.9. The van der Waals surface area contributed by atoms with Gasteiger partial charge in [-0.05, 0) is 29.8 Å². The number of aromatic hydroxyl groups is 1. The third-order valence-corrected chi connectivity index (χ3v) is 4.26. The molecule has 0 aliphatic heterocycles. The Labute approximate surface area is 148 Å². The summed E-state index contributed by atoms with van der Waals surface area (Å²) in [6.07, 6.45) is 4.74. The first-order valence-corrected chi connectivity index (χ1v) is 8.00. The number of aromatic nitrogens is 4. The van der Waals surface area contributed by atoms with Crippen LogP contribution in [-0.4, -0.2) is 32.0 Å². The second kappa shape index (κ2) is 6.36. The Morgan fingerprint density at radius 1 is 1.27 bits per heavy atom. The van der Waals surface area contributed by atoms with E-state index in [1.807, 2.05) is 24.3 Å². The Kier molecular flexibility index (Phi) is 3.89. The molecule has 2 N–H and O–H groups in total. The van der Waals surface area contributed by atoms with Crippen LogP contribution in [0, 0.1) is 0 Å². The van der Waals surface area contributed by atoms with Crippen molar-refractivity contribution in [2.45, 2.75) is 6.54 Å². The lowest BCUT2D eigenvalue weighted by Gasteiger charge is -2.10. The second-order valence-corrected chi connectivity index (χ2v) is 5.87. The highest BCUT2D eigenvalue weighted by Crippen LogP contribution is 2.32. The van der Waals surface area contributed by atoms with Crippen molar-refractivity contribution in [3.05, 3.63) is 71.0 Å². The molecule has 7 heteroatoms. The third kappa shape index (κ3) is 2.69. The molecule has 7 nitrogen and oxygen atoms in total. The van der Waals surface area contributed by atoms with Crippen LogP contribution in [0.5, 0.6) is 11.5 Å². The summed E-state index contributed by atoms with van der Waals surface area (Å²) in [5.74, 6) is 0.621. The number of H-pyrrole nitrogens is 1. The molecular formula is C19H16N4O3. The number of nitrogens with zero attached hydrogens (tertiary/aromatic N) is 3. The number of hydrogen-bond donors (Lipinski definition) is 2. The van der Waals surface area contributed by atoms with E-state index in [0.29, 0.717) is 23.2 Å². The smallest absolute Gasteiger partial charge is 0.265 e. The van der Waals surface area contributed by atoms with E-state index in [4.69, 9.17) is 4.74 Å². The Morgan fingerprint density at radius 3 is 2.92 bits per heavy atom.